The number of amides is 1. The molecule has 8 heteroatoms. The Kier molecular flexibility index (Phi) is 3.49. The van der Waals surface area contributed by atoms with E-state index in [2.05, 4.69) is 25.7 Å². The van der Waals surface area contributed by atoms with Gasteiger partial charge in [0.15, 0.2) is 22.3 Å². The molecule has 0 bridgehead atoms. The lowest BCUT2D eigenvalue weighted by Crippen LogP contribution is -2.28. The molecule has 1 atom stereocenters. The zero-order chi connectivity index (χ0) is 14.8. The summed E-state index contributed by atoms with van der Waals surface area (Å²) in [6.07, 6.45) is 1.84. The average molecular weight is 303 g/mol. The molecule has 21 heavy (non-hydrogen) atoms. The molecule has 106 valence electrons. The van der Waals surface area contributed by atoms with Gasteiger partial charge in [0.05, 0.1) is 6.04 Å². The van der Waals surface area contributed by atoms with Gasteiger partial charge in [0.2, 0.25) is 0 Å². The molecule has 3 rings (SSSR count). The number of hydrogen-bond acceptors (Lipinski definition) is 5. The fourth-order valence-electron chi connectivity index (χ4n) is 1.93. The minimum absolute atomic E-state index is 0.195. The van der Waals surface area contributed by atoms with Crippen LogP contribution in [-0.2, 0) is 0 Å². The fourth-order valence-corrected chi connectivity index (χ4v) is 2.03. The van der Waals surface area contributed by atoms with Crippen molar-refractivity contribution in [2.45, 2.75) is 13.0 Å². The van der Waals surface area contributed by atoms with E-state index in [1.165, 1.54) is 12.1 Å². The lowest BCUT2D eigenvalue weighted by atomic mass is 10.3. The van der Waals surface area contributed by atoms with E-state index in [0.29, 0.717) is 5.82 Å². The SMILES string of the molecule is CC(NC(=O)c1ccc(Cl)nn1)c1nnc2ccccn12. The van der Waals surface area contributed by atoms with Crippen molar-refractivity contribution in [3.8, 4) is 0 Å². The minimum Gasteiger partial charge on any atom is -0.341 e. The van der Waals surface area contributed by atoms with E-state index in [4.69, 9.17) is 11.6 Å². The molecule has 0 aromatic carbocycles. The zero-order valence-corrected chi connectivity index (χ0v) is 11.8. The molecule has 3 aromatic heterocycles. The third-order valence-corrected chi connectivity index (χ3v) is 3.14. The first-order chi connectivity index (χ1) is 10.1. The highest BCUT2D eigenvalue weighted by molar-refractivity contribution is 6.29. The molecule has 0 aliphatic heterocycles. The molecular weight excluding hydrogens is 292 g/mol. The molecule has 0 saturated heterocycles. The van der Waals surface area contributed by atoms with Gasteiger partial charge < -0.3 is 5.32 Å². The Balaban J connectivity index is 1.81. The monoisotopic (exact) mass is 302 g/mol. The van der Waals surface area contributed by atoms with E-state index in [9.17, 15) is 4.79 Å². The Bertz CT molecular complexity index is 785. The van der Waals surface area contributed by atoms with Crippen LogP contribution in [0.2, 0.25) is 5.15 Å². The molecule has 0 fully saturated rings. The highest BCUT2D eigenvalue weighted by Crippen LogP contribution is 2.12. The Hall–Kier alpha value is -2.54. The Labute approximate surface area is 125 Å². The predicted octanol–water partition coefficient (Wildman–Crippen LogP) is 1.66. The van der Waals surface area contributed by atoms with Gasteiger partial charge >= 0.3 is 0 Å². The normalized spacial score (nSPS) is 12.3. The second-order valence-corrected chi connectivity index (χ2v) is 4.81. The first-order valence-electron chi connectivity index (χ1n) is 6.25. The summed E-state index contributed by atoms with van der Waals surface area (Å²) in [5.41, 5.74) is 0.917. The van der Waals surface area contributed by atoms with Gasteiger partial charge in [0.1, 0.15) is 0 Å². The zero-order valence-electron chi connectivity index (χ0n) is 11.1. The van der Waals surface area contributed by atoms with Crippen LogP contribution in [0.25, 0.3) is 5.65 Å². The van der Waals surface area contributed by atoms with E-state index in [0.717, 1.165) is 5.65 Å². The summed E-state index contributed by atoms with van der Waals surface area (Å²) in [4.78, 5) is 12.1. The standard InChI is InChI=1S/C13H11ClN6O/c1-8(12-19-18-11-4-2-3-7-20(11)12)15-13(21)9-5-6-10(14)17-16-9/h2-8H,1H3,(H,15,21). The van der Waals surface area contributed by atoms with Crippen molar-refractivity contribution in [1.29, 1.82) is 0 Å². The summed E-state index contributed by atoms with van der Waals surface area (Å²) in [6, 6.07) is 8.29. The van der Waals surface area contributed by atoms with Crippen LogP contribution in [0.4, 0.5) is 0 Å². The van der Waals surface area contributed by atoms with Gasteiger partial charge in [0, 0.05) is 6.20 Å². The Morgan fingerprint density at radius 3 is 2.81 bits per heavy atom. The van der Waals surface area contributed by atoms with E-state index in [-0.39, 0.29) is 22.8 Å². The van der Waals surface area contributed by atoms with E-state index >= 15 is 0 Å². The number of rotatable bonds is 3. The molecule has 1 amide bonds. The summed E-state index contributed by atoms with van der Waals surface area (Å²) < 4.78 is 1.82. The lowest BCUT2D eigenvalue weighted by Gasteiger charge is -2.11. The van der Waals surface area contributed by atoms with Crippen LogP contribution in [0, 0.1) is 0 Å². The smallest absolute Gasteiger partial charge is 0.272 e. The maximum Gasteiger partial charge on any atom is 0.272 e. The van der Waals surface area contributed by atoms with Crippen molar-refractivity contribution >= 4 is 23.2 Å². The number of aromatic nitrogens is 5. The van der Waals surface area contributed by atoms with Crippen LogP contribution in [0.3, 0.4) is 0 Å². The van der Waals surface area contributed by atoms with Gasteiger partial charge in [-0.25, -0.2) is 0 Å². The first-order valence-corrected chi connectivity index (χ1v) is 6.62. The summed E-state index contributed by atoms with van der Waals surface area (Å²) in [6.45, 7) is 1.82. The third kappa shape index (κ3) is 2.68. The molecule has 3 aromatic rings. The number of carbonyl (C=O) groups excluding carboxylic acids is 1. The van der Waals surface area contributed by atoms with Crippen molar-refractivity contribution < 1.29 is 4.79 Å². The lowest BCUT2D eigenvalue weighted by molar-refractivity contribution is 0.0932. The molecular formula is C13H11ClN6O. The highest BCUT2D eigenvalue weighted by Gasteiger charge is 2.17. The quantitative estimate of drug-likeness (QED) is 0.795. The number of fused-ring (bicyclic) bond motifs is 1. The van der Waals surface area contributed by atoms with Crippen molar-refractivity contribution in [3.05, 3.63) is 53.2 Å². The fraction of sp³-hybridized carbons (Fsp3) is 0.154. The number of hydrogen-bond donors (Lipinski definition) is 1. The second-order valence-electron chi connectivity index (χ2n) is 4.42. The van der Waals surface area contributed by atoms with Gasteiger partial charge in [0.25, 0.3) is 5.91 Å². The van der Waals surface area contributed by atoms with Crippen molar-refractivity contribution in [1.82, 2.24) is 30.1 Å². The van der Waals surface area contributed by atoms with E-state index in [1.807, 2.05) is 35.7 Å². The van der Waals surface area contributed by atoms with Crippen molar-refractivity contribution in [2.24, 2.45) is 0 Å². The molecule has 0 radical (unpaired) electrons. The second kappa shape index (κ2) is 5.45. The molecule has 3 heterocycles. The van der Waals surface area contributed by atoms with Crippen LogP contribution in [0.1, 0.15) is 29.3 Å². The summed E-state index contributed by atoms with van der Waals surface area (Å²) in [5, 5.41) is 18.6. The van der Waals surface area contributed by atoms with Gasteiger partial charge in [-0.2, -0.15) is 0 Å². The molecule has 1 N–H and O–H groups in total. The van der Waals surface area contributed by atoms with Crippen molar-refractivity contribution in [3.63, 3.8) is 0 Å². The minimum atomic E-state index is -0.348. The number of nitrogens with one attached hydrogen (secondary N) is 1. The predicted molar refractivity (Wildman–Crippen MR) is 75.9 cm³/mol. The summed E-state index contributed by atoms with van der Waals surface area (Å²) >= 11 is 5.64. The van der Waals surface area contributed by atoms with Crippen LogP contribution in [0.5, 0.6) is 0 Å². The molecule has 0 spiro atoms. The Morgan fingerprint density at radius 2 is 2.05 bits per heavy atom. The van der Waals surface area contributed by atoms with E-state index in [1.54, 1.807) is 0 Å². The Morgan fingerprint density at radius 1 is 1.19 bits per heavy atom. The van der Waals surface area contributed by atoms with E-state index < -0.39 is 0 Å². The van der Waals surface area contributed by atoms with Crippen molar-refractivity contribution in [2.75, 3.05) is 0 Å². The van der Waals surface area contributed by atoms with Gasteiger partial charge in [-0.3, -0.25) is 9.20 Å². The number of nitrogens with zero attached hydrogens (tertiary/aromatic N) is 5. The number of pyridine rings is 1. The van der Waals surface area contributed by atoms with Crippen LogP contribution in [-0.4, -0.2) is 30.7 Å². The third-order valence-electron chi connectivity index (χ3n) is 2.94. The van der Waals surface area contributed by atoms with Crippen LogP contribution in [0.15, 0.2) is 36.5 Å². The molecule has 0 saturated carbocycles. The van der Waals surface area contributed by atoms with Crippen LogP contribution >= 0.6 is 11.6 Å². The topological polar surface area (TPSA) is 85.1 Å². The van der Waals surface area contributed by atoms with Crippen LogP contribution < -0.4 is 5.32 Å². The average Bonchev–Trinajstić information content (AvgIpc) is 2.92. The maximum absolute atomic E-state index is 12.1. The highest BCUT2D eigenvalue weighted by atomic mass is 35.5. The largest absolute Gasteiger partial charge is 0.341 e. The van der Waals surface area contributed by atoms with Gasteiger partial charge in [-0.05, 0) is 31.2 Å². The summed E-state index contributed by atoms with van der Waals surface area (Å²) in [7, 11) is 0. The maximum atomic E-state index is 12.1. The molecule has 0 aliphatic carbocycles. The number of halogens is 1. The summed E-state index contributed by atoms with van der Waals surface area (Å²) in [5.74, 6) is 0.292. The van der Waals surface area contributed by atoms with Gasteiger partial charge in [-0.15, -0.1) is 20.4 Å². The first kappa shape index (κ1) is 13.4. The molecule has 0 aliphatic rings. The molecule has 7 nitrogen and oxygen atoms in total. The van der Waals surface area contributed by atoms with Gasteiger partial charge in [-0.1, -0.05) is 17.7 Å². The molecule has 1 unspecified atom stereocenters. The number of carbonyl (C=O) groups is 1.